The van der Waals surface area contributed by atoms with E-state index in [1.54, 1.807) is 31.2 Å². The molecule has 0 spiro atoms. The van der Waals surface area contributed by atoms with E-state index in [9.17, 15) is 16.8 Å². The molecule has 0 aliphatic rings. The van der Waals surface area contributed by atoms with Gasteiger partial charge in [0.05, 0.1) is 24.8 Å². The van der Waals surface area contributed by atoms with E-state index in [0.717, 1.165) is 5.56 Å². The van der Waals surface area contributed by atoms with Crippen molar-refractivity contribution in [1.82, 2.24) is 0 Å². The number of ether oxygens (including phenoxy) is 2. The van der Waals surface area contributed by atoms with Crippen LogP contribution in [0.1, 0.15) is 11.1 Å². The molecule has 0 amide bonds. The number of benzene rings is 3. The van der Waals surface area contributed by atoms with Gasteiger partial charge in [0.15, 0.2) is 0 Å². The van der Waals surface area contributed by atoms with E-state index < -0.39 is 20.0 Å². The normalized spacial score (nSPS) is 11.6. The number of methoxy groups -OCH3 is 2. The molecule has 3 rings (SSSR count). The van der Waals surface area contributed by atoms with Crippen LogP contribution in [-0.2, 0) is 20.0 Å². The van der Waals surface area contributed by atoms with Gasteiger partial charge in [-0.1, -0.05) is 18.2 Å². The molecule has 0 fully saturated rings. The highest BCUT2D eigenvalue weighted by Gasteiger charge is 2.23. The minimum Gasteiger partial charge on any atom is -0.497 e. The van der Waals surface area contributed by atoms with Gasteiger partial charge in [-0.05, 0) is 61.4 Å². The number of rotatable bonds is 8. The molecule has 0 radical (unpaired) electrons. The van der Waals surface area contributed by atoms with Crippen molar-refractivity contribution in [2.45, 2.75) is 23.6 Å². The molecular weight excluding hydrogens is 452 g/mol. The number of hydrogen-bond acceptors (Lipinski definition) is 6. The van der Waals surface area contributed by atoms with Gasteiger partial charge in [0, 0.05) is 11.8 Å². The van der Waals surface area contributed by atoms with Crippen LogP contribution in [0.15, 0.2) is 70.5 Å². The molecule has 0 heterocycles. The maximum absolute atomic E-state index is 13.1. The molecule has 0 atom stereocenters. The second-order valence-electron chi connectivity index (χ2n) is 7.07. The summed E-state index contributed by atoms with van der Waals surface area (Å²) in [5, 5.41) is 0. The van der Waals surface area contributed by atoms with E-state index in [4.69, 9.17) is 9.47 Å². The summed E-state index contributed by atoms with van der Waals surface area (Å²) in [6.45, 7) is 3.52. The highest BCUT2D eigenvalue weighted by molar-refractivity contribution is 7.93. The van der Waals surface area contributed by atoms with E-state index in [-0.39, 0.29) is 21.2 Å². The minimum atomic E-state index is -4.11. The Labute approximate surface area is 188 Å². The molecule has 170 valence electrons. The molecule has 0 aliphatic heterocycles. The van der Waals surface area contributed by atoms with Crippen LogP contribution in [0.5, 0.6) is 11.5 Å². The van der Waals surface area contributed by atoms with Gasteiger partial charge in [-0.15, -0.1) is 0 Å². The molecule has 32 heavy (non-hydrogen) atoms. The first kappa shape index (κ1) is 23.4. The first-order valence-electron chi connectivity index (χ1n) is 9.51. The molecule has 0 unspecified atom stereocenters. The van der Waals surface area contributed by atoms with Crippen LogP contribution in [0.4, 0.5) is 11.4 Å². The predicted octanol–water partition coefficient (Wildman–Crippen LogP) is 3.92. The number of anilines is 2. The van der Waals surface area contributed by atoms with E-state index in [1.165, 1.54) is 44.6 Å². The zero-order valence-electron chi connectivity index (χ0n) is 18.0. The summed E-state index contributed by atoms with van der Waals surface area (Å²) in [6.07, 6.45) is 0. The first-order chi connectivity index (χ1) is 15.1. The van der Waals surface area contributed by atoms with E-state index >= 15 is 0 Å². The van der Waals surface area contributed by atoms with Crippen molar-refractivity contribution in [1.29, 1.82) is 0 Å². The lowest BCUT2D eigenvalue weighted by atomic mass is 10.2. The fourth-order valence-electron chi connectivity index (χ4n) is 2.99. The lowest BCUT2D eigenvalue weighted by Gasteiger charge is -2.15. The molecular formula is C22H24N2O6S2. The van der Waals surface area contributed by atoms with Crippen molar-refractivity contribution >= 4 is 31.4 Å². The van der Waals surface area contributed by atoms with Gasteiger partial charge < -0.3 is 9.47 Å². The first-order valence-corrected chi connectivity index (χ1v) is 12.5. The Hall–Kier alpha value is -3.24. The average Bonchev–Trinajstić information content (AvgIpc) is 2.74. The van der Waals surface area contributed by atoms with Crippen molar-refractivity contribution in [2.24, 2.45) is 0 Å². The van der Waals surface area contributed by atoms with Gasteiger partial charge in [0.1, 0.15) is 16.4 Å². The smallest absolute Gasteiger partial charge is 0.265 e. The van der Waals surface area contributed by atoms with Crippen LogP contribution in [0, 0.1) is 13.8 Å². The lowest BCUT2D eigenvalue weighted by Crippen LogP contribution is -2.17. The zero-order valence-corrected chi connectivity index (χ0v) is 19.7. The second-order valence-corrected chi connectivity index (χ2v) is 10.4. The molecule has 10 heteroatoms. The third kappa shape index (κ3) is 5.14. The van der Waals surface area contributed by atoms with Crippen LogP contribution in [0.25, 0.3) is 0 Å². The van der Waals surface area contributed by atoms with Gasteiger partial charge in [-0.25, -0.2) is 16.8 Å². The molecule has 8 nitrogen and oxygen atoms in total. The molecule has 0 saturated heterocycles. The third-order valence-electron chi connectivity index (χ3n) is 4.69. The molecule has 0 aromatic heterocycles. The maximum atomic E-state index is 13.1. The van der Waals surface area contributed by atoms with E-state index in [2.05, 4.69) is 9.44 Å². The van der Waals surface area contributed by atoms with E-state index in [1.807, 2.05) is 13.0 Å². The van der Waals surface area contributed by atoms with Crippen LogP contribution in [0.3, 0.4) is 0 Å². The Morgan fingerprint density at radius 3 is 2.16 bits per heavy atom. The van der Waals surface area contributed by atoms with Gasteiger partial charge >= 0.3 is 0 Å². The number of sulfonamides is 2. The minimum absolute atomic E-state index is 0.0834. The van der Waals surface area contributed by atoms with Crippen LogP contribution in [0.2, 0.25) is 0 Å². The summed E-state index contributed by atoms with van der Waals surface area (Å²) in [7, 11) is -5.27. The summed E-state index contributed by atoms with van der Waals surface area (Å²) >= 11 is 0. The zero-order chi connectivity index (χ0) is 23.5. The highest BCUT2D eigenvalue weighted by atomic mass is 32.2. The van der Waals surface area contributed by atoms with Crippen molar-refractivity contribution < 1.29 is 26.3 Å². The Morgan fingerprint density at radius 1 is 0.750 bits per heavy atom. The molecule has 0 aliphatic carbocycles. The van der Waals surface area contributed by atoms with Crippen molar-refractivity contribution in [3.63, 3.8) is 0 Å². The van der Waals surface area contributed by atoms with Crippen molar-refractivity contribution in [3.05, 3.63) is 71.8 Å². The lowest BCUT2D eigenvalue weighted by molar-refractivity contribution is 0.392. The Bertz CT molecular complexity index is 1350. The van der Waals surface area contributed by atoms with E-state index in [0.29, 0.717) is 17.0 Å². The van der Waals surface area contributed by atoms with Crippen LogP contribution >= 0.6 is 0 Å². The topological polar surface area (TPSA) is 111 Å². The van der Waals surface area contributed by atoms with Crippen LogP contribution < -0.4 is 18.9 Å². The Morgan fingerprint density at radius 2 is 1.50 bits per heavy atom. The molecule has 3 aromatic rings. The largest absolute Gasteiger partial charge is 0.497 e. The Balaban J connectivity index is 1.97. The Kier molecular flexibility index (Phi) is 6.65. The predicted molar refractivity (Wildman–Crippen MR) is 124 cm³/mol. The third-order valence-corrected chi connectivity index (χ3v) is 7.46. The summed E-state index contributed by atoms with van der Waals surface area (Å²) in [5.74, 6) is 0.461. The molecule has 3 aromatic carbocycles. The summed E-state index contributed by atoms with van der Waals surface area (Å²) in [5.41, 5.74) is 1.98. The monoisotopic (exact) mass is 476 g/mol. The summed E-state index contributed by atoms with van der Waals surface area (Å²) in [4.78, 5) is -0.218. The van der Waals surface area contributed by atoms with Gasteiger partial charge in [0.2, 0.25) is 0 Å². The summed E-state index contributed by atoms with van der Waals surface area (Å²) in [6, 6.07) is 15.5. The quantitative estimate of drug-likeness (QED) is 0.510. The maximum Gasteiger partial charge on any atom is 0.265 e. The number of hydrogen-bond donors (Lipinski definition) is 2. The standard InChI is InChI=1S/C22H24N2O6S2/c1-15-6-5-7-17(12-15)23-31(25,26)19-10-8-16(2)20(14-19)24-32(27,28)22-13-18(29-3)9-11-21(22)30-4/h5-14,23-24H,1-4H3. The van der Waals surface area contributed by atoms with Gasteiger partial charge in [0.25, 0.3) is 20.0 Å². The van der Waals surface area contributed by atoms with Crippen molar-refractivity contribution in [2.75, 3.05) is 23.7 Å². The fraction of sp³-hybridized carbons (Fsp3) is 0.182. The highest BCUT2D eigenvalue weighted by Crippen LogP contribution is 2.31. The summed E-state index contributed by atoms with van der Waals surface area (Å²) < 4.78 is 67.2. The average molecular weight is 477 g/mol. The van der Waals surface area contributed by atoms with Gasteiger partial charge in [-0.2, -0.15) is 0 Å². The van der Waals surface area contributed by atoms with Crippen LogP contribution in [-0.4, -0.2) is 31.1 Å². The molecule has 0 bridgehead atoms. The fourth-order valence-corrected chi connectivity index (χ4v) is 5.38. The second kappa shape index (κ2) is 9.09. The molecule has 0 saturated carbocycles. The molecule has 2 N–H and O–H groups in total. The SMILES string of the molecule is COc1ccc(OC)c(S(=O)(=O)Nc2cc(S(=O)(=O)Nc3cccc(C)c3)ccc2C)c1. The number of aryl methyl sites for hydroxylation is 2. The van der Waals surface area contributed by atoms with Gasteiger partial charge in [-0.3, -0.25) is 9.44 Å². The number of nitrogens with one attached hydrogen (secondary N) is 2. The van der Waals surface area contributed by atoms with Crippen molar-refractivity contribution in [3.8, 4) is 11.5 Å².